The summed E-state index contributed by atoms with van der Waals surface area (Å²) in [7, 11) is 0. The number of fused-ring (bicyclic) bond motifs is 1. The minimum atomic E-state index is -4.52. The number of amides is 1. The Balaban J connectivity index is 2.01. The van der Waals surface area contributed by atoms with E-state index in [1.54, 1.807) is 18.3 Å². The van der Waals surface area contributed by atoms with Gasteiger partial charge in [-0.3, -0.25) is 4.79 Å². The highest BCUT2D eigenvalue weighted by Crippen LogP contribution is 2.15. The number of alkyl halides is 3. The van der Waals surface area contributed by atoms with E-state index in [1.807, 2.05) is 6.92 Å². The van der Waals surface area contributed by atoms with Crippen LogP contribution in [0.25, 0.3) is 11.0 Å². The number of carbonyl (C=O) groups excluding carboxylic acids is 2. The van der Waals surface area contributed by atoms with Gasteiger partial charge in [-0.05, 0) is 32.0 Å². The number of rotatable bonds is 4. The molecule has 24 heavy (non-hydrogen) atoms. The minimum Gasteiger partial charge on any atom is -0.452 e. The molecule has 0 aliphatic rings. The highest BCUT2D eigenvalue weighted by Gasteiger charge is 2.27. The molecule has 2 rings (SSSR count). The zero-order valence-electron chi connectivity index (χ0n) is 12.9. The molecule has 1 aromatic carbocycles. The van der Waals surface area contributed by atoms with E-state index in [1.165, 1.54) is 12.1 Å². The van der Waals surface area contributed by atoms with Crippen LogP contribution in [0.2, 0.25) is 0 Å². The molecule has 0 aliphatic heterocycles. The minimum absolute atomic E-state index is 0.128. The van der Waals surface area contributed by atoms with Gasteiger partial charge in [0, 0.05) is 0 Å². The van der Waals surface area contributed by atoms with Crippen molar-refractivity contribution in [3.63, 3.8) is 0 Å². The van der Waals surface area contributed by atoms with E-state index in [-0.39, 0.29) is 5.56 Å². The second kappa shape index (κ2) is 6.81. The molecule has 0 aliphatic carbocycles. The van der Waals surface area contributed by atoms with Gasteiger partial charge in [0.25, 0.3) is 5.91 Å². The lowest BCUT2D eigenvalue weighted by atomic mass is 10.2. The van der Waals surface area contributed by atoms with Crippen molar-refractivity contribution in [3.05, 3.63) is 35.2 Å². The molecule has 1 aromatic heterocycles. The lowest BCUT2D eigenvalue weighted by Gasteiger charge is -2.09. The summed E-state index contributed by atoms with van der Waals surface area (Å²) in [5.41, 5.74) is 2.68. The van der Waals surface area contributed by atoms with Gasteiger partial charge in [0.05, 0.1) is 28.0 Å². The zero-order chi connectivity index (χ0) is 17.9. The number of benzene rings is 1. The molecular weight excluding hydrogens is 327 g/mol. The highest BCUT2D eigenvalue weighted by atomic mass is 19.4. The Morgan fingerprint density at radius 3 is 2.38 bits per heavy atom. The maximum atomic E-state index is 12.0. The summed E-state index contributed by atoms with van der Waals surface area (Å²) in [5.74, 6) is -1.87. The predicted octanol–water partition coefficient (Wildman–Crippen LogP) is 2.08. The van der Waals surface area contributed by atoms with Crippen molar-refractivity contribution in [3.8, 4) is 0 Å². The van der Waals surface area contributed by atoms with Crippen LogP contribution in [0.3, 0.4) is 0 Å². The van der Waals surface area contributed by atoms with Crippen molar-refractivity contribution in [2.45, 2.75) is 20.0 Å². The number of carbonyl (C=O) groups is 2. The smallest absolute Gasteiger partial charge is 0.405 e. The number of hydrogen-bond acceptors (Lipinski definition) is 5. The fourth-order valence-corrected chi connectivity index (χ4v) is 1.82. The summed E-state index contributed by atoms with van der Waals surface area (Å²) < 4.78 is 40.6. The summed E-state index contributed by atoms with van der Waals surface area (Å²) in [5, 5.41) is 1.61. The first-order chi connectivity index (χ1) is 11.2. The summed E-state index contributed by atoms with van der Waals surface area (Å²) >= 11 is 0. The Labute approximate surface area is 135 Å². The van der Waals surface area contributed by atoms with Gasteiger partial charge in [-0.2, -0.15) is 13.2 Å². The number of nitrogens with zero attached hydrogens (tertiary/aromatic N) is 2. The molecule has 128 valence electrons. The summed E-state index contributed by atoms with van der Waals surface area (Å²) in [6, 6.07) is 4.47. The topological polar surface area (TPSA) is 81.2 Å². The third-order valence-corrected chi connectivity index (χ3v) is 3.13. The average Bonchev–Trinajstić information content (AvgIpc) is 2.50. The summed E-state index contributed by atoms with van der Waals surface area (Å²) in [4.78, 5) is 31.7. The van der Waals surface area contributed by atoms with Crippen molar-refractivity contribution < 1.29 is 27.5 Å². The zero-order valence-corrected chi connectivity index (χ0v) is 12.9. The number of ether oxygens (including phenoxy) is 1. The van der Waals surface area contributed by atoms with Gasteiger partial charge < -0.3 is 10.1 Å². The van der Waals surface area contributed by atoms with E-state index < -0.39 is 31.2 Å². The van der Waals surface area contributed by atoms with Crippen molar-refractivity contribution >= 4 is 22.9 Å². The number of aryl methyl sites for hydroxylation is 2. The van der Waals surface area contributed by atoms with E-state index in [2.05, 4.69) is 9.97 Å². The molecule has 1 N–H and O–H groups in total. The van der Waals surface area contributed by atoms with Gasteiger partial charge in [-0.1, -0.05) is 0 Å². The van der Waals surface area contributed by atoms with E-state index in [9.17, 15) is 22.8 Å². The van der Waals surface area contributed by atoms with Crippen LogP contribution in [-0.2, 0) is 9.53 Å². The van der Waals surface area contributed by atoms with Crippen LogP contribution in [0.15, 0.2) is 18.2 Å². The maximum Gasteiger partial charge on any atom is 0.405 e. The standard InChI is InChI=1S/C15H14F3N3O3/c1-8-9(2)21-12-5-10(3-4-11(12)20-8)14(23)24-6-13(22)19-7-15(16,17)18/h3-5H,6-7H2,1-2H3,(H,19,22). The van der Waals surface area contributed by atoms with Crippen molar-refractivity contribution in [1.82, 2.24) is 15.3 Å². The Hall–Kier alpha value is -2.71. The second-order valence-corrected chi connectivity index (χ2v) is 5.07. The monoisotopic (exact) mass is 341 g/mol. The highest BCUT2D eigenvalue weighted by molar-refractivity contribution is 5.94. The Morgan fingerprint density at radius 2 is 1.75 bits per heavy atom. The molecule has 0 saturated heterocycles. The van der Waals surface area contributed by atoms with Gasteiger partial charge in [0.2, 0.25) is 0 Å². The molecule has 1 heterocycles. The Morgan fingerprint density at radius 1 is 1.12 bits per heavy atom. The fraction of sp³-hybridized carbons (Fsp3) is 0.333. The molecule has 0 radical (unpaired) electrons. The average molecular weight is 341 g/mol. The van der Waals surface area contributed by atoms with Crippen LogP contribution < -0.4 is 5.32 Å². The number of esters is 1. The first-order valence-electron chi connectivity index (χ1n) is 6.91. The molecule has 0 fully saturated rings. The van der Waals surface area contributed by atoms with Crippen LogP contribution in [0.5, 0.6) is 0 Å². The summed E-state index contributed by atoms with van der Waals surface area (Å²) in [6.45, 7) is 1.31. The molecule has 0 spiro atoms. The van der Waals surface area contributed by atoms with Gasteiger partial charge in [0.1, 0.15) is 6.54 Å². The number of halogens is 3. The van der Waals surface area contributed by atoms with Crippen molar-refractivity contribution in [2.24, 2.45) is 0 Å². The first kappa shape index (κ1) is 17.6. The van der Waals surface area contributed by atoms with Crippen molar-refractivity contribution in [1.29, 1.82) is 0 Å². The van der Waals surface area contributed by atoms with E-state index in [0.29, 0.717) is 16.7 Å². The van der Waals surface area contributed by atoms with Crippen LogP contribution in [0.4, 0.5) is 13.2 Å². The van der Waals surface area contributed by atoms with Gasteiger partial charge in [-0.15, -0.1) is 0 Å². The molecule has 0 bridgehead atoms. The molecule has 9 heteroatoms. The molecule has 0 saturated carbocycles. The van der Waals surface area contributed by atoms with E-state index in [4.69, 9.17) is 4.74 Å². The molecule has 0 unspecified atom stereocenters. The lowest BCUT2D eigenvalue weighted by molar-refractivity contribution is -0.140. The van der Waals surface area contributed by atoms with E-state index >= 15 is 0 Å². The predicted molar refractivity (Wildman–Crippen MR) is 78.4 cm³/mol. The molecule has 0 atom stereocenters. The van der Waals surface area contributed by atoms with E-state index in [0.717, 1.165) is 5.69 Å². The van der Waals surface area contributed by atoms with Gasteiger partial charge in [0.15, 0.2) is 6.61 Å². The van der Waals surface area contributed by atoms with Crippen LogP contribution in [-0.4, -0.2) is 41.2 Å². The van der Waals surface area contributed by atoms with Crippen LogP contribution in [0.1, 0.15) is 21.7 Å². The third-order valence-electron chi connectivity index (χ3n) is 3.13. The Bertz CT molecular complexity index is 791. The van der Waals surface area contributed by atoms with Gasteiger partial charge >= 0.3 is 12.1 Å². The third kappa shape index (κ3) is 4.64. The quantitative estimate of drug-likeness (QED) is 0.861. The van der Waals surface area contributed by atoms with Gasteiger partial charge in [-0.25, -0.2) is 14.8 Å². The van der Waals surface area contributed by atoms with Crippen LogP contribution >= 0.6 is 0 Å². The molecular formula is C15H14F3N3O3. The Kier molecular flexibility index (Phi) is 5.01. The first-order valence-corrected chi connectivity index (χ1v) is 6.91. The molecule has 1 amide bonds. The SMILES string of the molecule is Cc1nc2ccc(C(=O)OCC(=O)NCC(F)(F)F)cc2nc1C. The van der Waals surface area contributed by atoms with Crippen LogP contribution in [0, 0.1) is 13.8 Å². The number of aromatic nitrogens is 2. The normalized spacial score (nSPS) is 11.4. The maximum absolute atomic E-state index is 12.0. The molecule has 2 aromatic rings. The fourth-order valence-electron chi connectivity index (χ4n) is 1.82. The summed E-state index contributed by atoms with van der Waals surface area (Å²) in [6.07, 6.45) is -4.52. The van der Waals surface area contributed by atoms with Crippen molar-refractivity contribution in [2.75, 3.05) is 13.2 Å². The number of hydrogen-bond donors (Lipinski definition) is 1. The molecule has 6 nitrogen and oxygen atoms in total. The number of nitrogens with one attached hydrogen (secondary N) is 1. The largest absolute Gasteiger partial charge is 0.452 e. The second-order valence-electron chi connectivity index (χ2n) is 5.07. The lowest BCUT2D eigenvalue weighted by Crippen LogP contribution is -2.36.